The van der Waals surface area contributed by atoms with Crippen molar-refractivity contribution in [2.75, 3.05) is 19.8 Å². The van der Waals surface area contributed by atoms with Gasteiger partial charge in [0.05, 0.1) is 6.61 Å². The second kappa shape index (κ2) is 10.5. The van der Waals surface area contributed by atoms with E-state index in [1.54, 1.807) is 0 Å². The Labute approximate surface area is 160 Å². The predicted octanol–water partition coefficient (Wildman–Crippen LogP) is 4.68. The van der Waals surface area contributed by atoms with E-state index >= 15 is 0 Å². The van der Waals surface area contributed by atoms with Crippen LogP contribution in [0.2, 0.25) is 0 Å². The van der Waals surface area contributed by atoms with Gasteiger partial charge in [0.2, 0.25) is 0 Å². The molecule has 0 aliphatic carbocycles. The standard InChI is InChI=1S/C22H28O5/c1-4-25-21-15-17(10-12-22(23)24)9-11-20(21)27-14-13-26-19-8-6-5-7-18(19)16(2)3/h5-9,11,15-16H,4,10,12-14H2,1-3H3,(H,23,24). The zero-order valence-electron chi connectivity index (χ0n) is 16.2. The summed E-state index contributed by atoms with van der Waals surface area (Å²) in [6.45, 7) is 7.51. The molecule has 0 radical (unpaired) electrons. The minimum absolute atomic E-state index is 0.0921. The number of aliphatic carboxylic acids is 1. The maximum Gasteiger partial charge on any atom is 0.303 e. The van der Waals surface area contributed by atoms with E-state index in [0.717, 1.165) is 11.3 Å². The van der Waals surface area contributed by atoms with E-state index in [1.165, 1.54) is 5.56 Å². The molecule has 0 aliphatic heterocycles. The Morgan fingerprint density at radius 2 is 1.67 bits per heavy atom. The molecule has 0 spiro atoms. The molecule has 0 saturated heterocycles. The zero-order chi connectivity index (χ0) is 19.6. The van der Waals surface area contributed by atoms with Gasteiger partial charge in [0.1, 0.15) is 19.0 Å². The largest absolute Gasteiger partial charge is 0.490 e. The fourth-order valence-corrected chi connectivity index (χ4v) is 2.74. The van der Waals surface area contributed by atoms with Crippen molar-refractivity contribution in [2.24, 2.45) is 0 Å². The lowest BCUT2D eigenvalue weighted by Gasteiger charge is -2.16. The van der Waals surface area contributed by atoms with Crippen molar-refractivity contribution in [1.82, 2.24) is 0 Å². The number of carboxylic acid groups (broad SMARTS) is 1. The van der Waals surface area contributed by atoms with Crippen LogP contribution in [-0.4, -0.2) is 30.9 Å². The first-order valence-electron chi connectivity index (χ1n) is 9.33. The molecule has 0 aromatic heterocycles. The number of hydrogen-bond acceptors (Lipinski definition) is 4. The fourth-order valence-electron chi connectivity index (χ4n) is 2.74. The minimum Gasteiger partial charge on any atom is -0.490 e. The maximum absolute atomic E-state index is 10.7. The fraction of sp³-hybridized carbons (Fsp3) is 0.409. The van der Waals surface area contributed by atoms with Crippen LogP contribution >= 0.6 is 0 Å². The molecule has 0 fully saturated rings. The lowest BCUT2D eigenvalue weighted by molar-refractivity contribution is -0.136. The lowest BCUT2D eigenvalue weighted by Crippen LogP contribution is -2.11. The van der Waals surface area contributed by atoms with Crippen LogP contribution in [0.25, 0.3) is 0 Å². The second-order valence-corrected chi connectivity index (χ2v) is 6.50. The van der Waals surface area contributed by atoms with Crippen molar-refractivity contribution >= 4 is 5.97 Å². The number of ether oxygens (including phenoxy) is 3. The van der Waals surface area contributed by atoms with E-state index in [1.807, 2.05) is 43.3 Å². The highest BCUT2D eigenvalue weighted by molar-refractivity contribution is 5.67. The number of benzene rings is 2. The van der Waals surface area contributed by atoms with Gasteiger partial charge in [-0.2, -0.15) is 0 Å². The topological polar surface area (TPSA) is 65.0 Å². The van der Waals surface area contributed by atoms with E-state index in [0.29, 0.717) is 43.7 Å². The van der Waals surface area contributed by atoms with Crippen LogP contribution in [0, 0.1) is 0 Å². The molecule has 146 valence electrons. The van der Waals surface area contributed by atoms with Crippen molar-refractivity contribution < 1.29 is 24.1 Å². The van der Waals surface area contributed by atoms with Gasteiger partial charge < -0.3 is 19.3 Å². The average Bonchev–Trinajstić information content (AvgIpc) is 2.65. The smallest absolute Gasteiger partial charge is 0.303 e. The first-order valence-corrected chi connectivity index (χ1v) is 9.33. The molecule has 0 unspecified atom stereocenters. The van der Waals surface area contributed by atoms with Gasteiger partial charge >= 0.3 is 5.97 Å². The van der Waals surface area contributed by atoms with Crippen molar-refractivity contribution in [1.29, 1.82) is 0 Å². The molecule has 0 amide bonds. The molecule has 0 aliphatic rings. The zero-order valence-corrected chi connectivity index (χ0v) is 16.2. The number of carbonyl (C=O) groups is 1. The number of aryl methyl sites for hydroxylation is 1. The van der Waals surface area contributed by atoms with E-state index in [2.05, 4.69) is 19.9 Å². The summed E-state index contributed by atoms with van der Waals surface area (Å²) in [5.41, 5.74) is 2.09. The van der Waals surface area contributed by atoms with Crippen LogP contribution < -0.4 is 14.2 Å². The number of carboxylic acids is 1. The van der Waals surface area contributed by atoms with Crippen LogP contribution in [0.1, 0.15) is 44.2 Å². The molecule has 2 aromatic carbocycles. The molecule has 1 N–H and O–H groups in total. The van der Waals surface area contributed by atoms with Crippen molar-refractivity contribution in [3.63, 3.8) is 0 Å². The molecule has 5 heteroatoms. The van der Waals surface area contributed by atoms with Gasteiger partial charge in [-0.15, -0.1) is 0 Å². The number of para-hydroxylation sites is 1. The van der Waals surface area contributed by atoms with Gasteiger partial charge in [-0.1, -0.05) is 38.1 Å². The lowest BCUT2D eigenvalue weighted by atomic mass is 10.0. The Bertz CT molecular complexity index is 739. The normalized spacial score (nSPS) is 10.7. The molecule has 2 aromatic rings. The highest BCUT2D eigenvalue weighted by Gasteiger charge is 2.09. The molecule has 2 rings (SSSR count). The second-order valence-electron chi connectivity index (χ2n) is 6.50. The number of rotatable bonds is 11. The minimum atomic E-state index is -0.813. The van der Waals surface area contributed by atoms with Crippen molar-refractivity contribution in [3.05, 3.63) is 53.6 Å². The van der Waals surface area contributed by atoms with Gasteiger partial charge in [0.15, 0.2) is 11.5 Å². The molecule has 5 nitrogen and oxygen atoms in total. The van der Waals surface area contributed by atoms with Gasteiger partial charge in [0.25, 0.3) is 0 Å². The van der Waals surface area contributed by atoms with Crippen LogP contribution in [0.5, 0.6) is 17.2 Å². The molecule has 0 heterocycles. The van der Waals surface area contributed by atoms with Crippen LogP contribution in [0.4, 0.5) is 0 Å². The first-order chi connectivity index (χ1) is 13.0. The highest BCUT2D eigenvalue weighted by atomic mass is 16.5. The summed E-state index contributed by atoms with van der Waals surface area (Å²) in [7, 11) is 0. The molecule has 0 bridgehead atoms. The summed E-state index contributed by atoms with van der Waals surface area (Å²) in [5.74, 6) is 1.72. The maximum atomic E-state index is 10.7. The third-order valence-electron chi connectivity index (χ3n) is 4.07. The predicted molar refractivity (Wildman–Crippen MR) is 105 cm³/mol. The van der Waals surface area contributed by atoms with Crippen LogP contribution in [-0.2, 0) is 11.2 Å². The Kier molecular flexibility index (Phi) is 7.99. The quantitative estimate of drug-likeness (QED) is 0.580. The molecular formula is C22H28O5. The molecular weight excluding hydrogens is 344 g/mol. The summed E-state index contributed by atoms with van der Waals surface area (Å²) in [6, 6.07) is 13.6. The Morgan fingerprint density at radius 1 is 0.963 bits per heavy atom. The summed E-state index contributed by atoms with van der Waals surface area (Å²) < 4.78 is 17.3. The van der Waals surface area contributed by atoms with Crippen molar-refractivity contribution in [2.45, 2.75) is 39.5 Å². The van der Waals surface area contributed by atoms with Crippen LogP contribution in [0.15, 0.2) is 42.5 Å². The summed E-state index contributed by atoms with van der Waals surface area (Å²) >= 11 is 0. The Morgan fingerprint density at radius 3 is 2.33 bits per heavy atom. The summed E-state index contributed by atoms with van der Waals surface area (Å²) in [6.07, 6.45) is 0.555. The van der Waals surface area contributed by atoms with Gasteiger partial charge in [-0.25, -0.2) is 0 Å². The van der Waals surface area contributed by atoms with E-state index < -0.39 is 5.97 Å². The Balaban J connectivity index is 1.94. The highest BCUT2D eigenvalue weighted by Crippen LogP contribution is 2.29. The van der Waals surface area contributed by atoms with Gasteiger partial charge in [-0.3, -0.25) is 4.79 Å². The number of hydrogen-bond donors (Lipinski definition) is 1. The molecule has 27 heavy (non-hydrogen) atoms. The van der Waals surface area contributed by atoms with E-state index in [9.17, 15) is 4.79 Å². The third kappa shape index (κ3) is 6.51. The van der Waals surface area contributed by atoms with Crippen molar-refractivity contribution in [3.8, 4) is 17.2 Å². The van der Waals surface area contributed by atoms with E-state index in [-0.39, 0.29) is 6.42 Å². The third-order valence-corrected chi connectivity index (χ3v) is 4.07. The molecule has 0 saturated carbocycles. The Hall–Kier alpha value is -2.69. The average molecular weight is 372 g/mol. The monoisotopic (exact) mass is 372 g/mol. The summed E-state index contributed by atoms with van der Waals surface area (Å²) in [4.78, 5) is 10.7. The SMILES string of the molecule is CCOc1cc(CCC(=O)O)ccc1OCCOc1ccccc1C(C)C. The van der Waals surface area contributed by atoms with Gasteiger partial charge in [0, 0.05) is 6.42 Å². The van der Waals surface area contributed by atoms with Crippen LogP contribution in [0.3, 0.4) is 0 Å². The molecule has 0 atom stereocenters. The van der Waals surface area contributed by atoms with E-state index in [4.69, 9.17) is 19.3 Å². The summed E-state index contributed by atoms with van der Waals surface area (Å²) in [5, 5.41) is 8.82. The first kappa shape index (κ1) is 20.6. The van der Waals surface area contributed by atoms with Gasteiger partial charge in [-0.05, 0) is 48.6 Å².